The van der Waals surface area contributed by atoms with E-state index in [1.807, 2.05) is 42.5 Å². The summed E-state index contributed by atoms with van der Waals surface area (Å²) in [6.07, 6.45) is 1.83. The minimum Gasteiger partial charge on any atom is -0.235 e. The molecule has 96 valence electrons. The standard InChI is InChI=1S/C16H9ClN2S/c17-13-7-5-11(6-8-13)9-12(10-18)16-19-14-3-1-2-4-15(14)20-16/h1-9H/b12-9+. The van der Waals surface area contributed by atoms with Gasteiger partial charge in [-0.15, -0.1) is 11.3 Å². The number of nitriles is 1. The zero-order chi connectivity index (χ0) is 13.9. The quantitative estimate of drug-likeness (QED) is 0.623. The summed E-state index contributed by atoms with van der Waals surface area (Å²) in [5.74, 6) is 0. The van der Waals surface area contributed by atoms with E-state index in [0.29, 0.717) is 10.6 Å². The van der Waals surface area contributed by atoms with Crippen molar-refractivity contribution < 1.29 is 0 Å². The predicted molar refractivity (Wildman–Crippen MR) is 84.6 cm³/mol. The van der Waals surface area contributed by atoms with Crippen LogP contribution in [0, 0.1) is 11.3 Å². The van der Waals surface area contributed by atoms with Crippen molar-refractivity contribution in [2.75, 3.05) is 0 Å². The van der Waals surface area contributed by atoms with Crippen molar-refractivity contribution in [1.82, 2.24) is 4.98 Å². The zero-order valence-corrected chi connectivity index (χ0v) is 11.9. The molecule has 2 nitrogen and oxygen atoms in total. The lowest BCUT2D eigenvalue weighted by atomic mass is 10.1. The van der Waals surface area contributed by atoms with Crippen LogP contribution in [0.1, 0.15) is 10.6 Å². The highest BCUT2D eigenvalue weighted by atomic mass is 35.5. The van der Waals surface area contributed by atoms with Crippen molar-refractivity contribution in [1.29, 1.82) is 5.26 Å². The molecule has 0 amide bonds. The summed E-state index contributed by atoms with van der Waals surface area (Å²) in [6, 6.07) is 17.5. The molecule has 0 aliphatic rings. The zero-order valence-electron chi connectivity index (χ0n) is 10.4. The average Bonchev–Trinajstić information content (AvgIpc) is 2.90. The van der Waals surface area contributed by atoms with Gasteiger partial charge < -0.3 is 0 Å². The number of para-hydroxylation sites is 1. The highest BCUT2D eigenvalue weighted by molar-refractivity contribution is 7.19. The summed E-state index contributed by atoms with van der Waals surface area (Å²) in [6.45, 7) is 0. The van der Waals surface area contributed by atoms with Gasteiger partial charge in [0.05, 0.1) is 15.8 Å². The van der Waals surface area contributed by atoms with E-state index in [-0.39, 0.29) is 0 Å². The molecule has 0 saturated carbocycles. The Balaban J connectivity index is 2.05. The van der Waals surface area contributed by atoms with Crippen LogP contribution in [0.2, 0.25) is 5.02 Å². The van der Waals surface area contributed by atoms with Gasteiger partial charge in [0.15, 0.2) is 0 Å². The van der Waals surface area contributed by atoms with Crippen LogP contribution < -0.4 is 0 Å². The van der Waals surface area contributed by atoms with Gasteiger partial charge in [0.25, 0.3) is 0 Å². The van der Waals surface area contributed by atoms with Crippen molar-refractivity contribution in [3.63, 3.8) is 0 Å². The first-order valence-electron chi connectivity index (χ1n) is 5.99. The first-order valence-corrected chi connectivity index (χ1v) is 7.19. The average molecular weight is 297 g/mol. The van der Waals surface area contributed by atoms with E-state index >= 15 is 0 Å². The van der Waals surface area contributed by atoms with Crippen molar-refractivity contribution in [2.45, 2.75) is 0 Å². The maximum absolute atomic E-state index is 9.34. The lowest BCUT2D eigenvalue weighted by molar-refractivity contribution is 1.44. The minimum absolute atomic E-state index is 0.563. The van der Waals surface area contributed by atoms with Gasteiger partial charge in [0.2, 0.25) is 0 Å². The number of halogens is 1. The van der Waals surface area contributed by atoms with E-state index in [2.05, 4.69) is 11.1 Å². The monoisotopic (exact) mass is 296 g/mol. The highest BCUT2D eigenvalue weighted by Gasteiger charge is 2.08. The maximum Gasteiger partial charge on any atom is 0.135 e. The molecule has 0 radical (unpaired) electrons. The summed E-state index contributed by atoms with van der Waals surface area (Å²) in [5.41, 5.74) is 2.42. The molecule has 20 heavy (non-hydrogen) atoms. The number of benzene rings is 2. The van der Waals surface area contributed by atoms with E-state index in [4.69, 9.17) is 11.6 Å². The summed E-state index contributed by atoms with van der Waals surface area (Å²) in [4.78, 5) is 4.50. The van der Waals surface area contributed by atoms with Crippen LogP contribution in [0.25, 0.3) is 21.9 Å². The molecule has 1 heterocycles. The number of aromatic nitrogens is 1. The molecule has 0 spiro atoms. The molecule has 2 aromatic carbocycles. The Morgan fingerprint density at radius 3 is 2.60 bits per heavy atom. The largest absolute Gasteiger partial charge is 0.235 e. The van der Waals surface area contributed by atoms with Gasteiger partial charge in [-0.05, 0) is 35.9 Å². The van der Waals surface area contributed by atoms with Gasteiger partial charge in [0.1, 0.15) is 11.1 Å². The Labute approximate surface area is 125 Å². The third-order valence-corrected chi connectivity index (χ3v) is 4.15. The summed E-state index contributed by atoms with van der Waals surface area (Å²) in [5, 5.41) is 10.8. The second kappa shape index (κ2) is 5.46. The molecule has 3 rings (SSSR count). The number of thiazole rings is 1. The van der Waals surface area contributed by atoms with Crippen molar-refractivity contribution >= 4 is 44.8 Å². The fourth-order valence-corrected chi connectivity index (χ4v) is 2.91. The molecule has 3 aromatic rings. The topological polar surface area (TPSA) is 36.7 Å². The van der Waals surface area contributed by atoms with Crippen molar-refractivity contribution in [3.8, 4) is 6.07 Å². The SMILES string of the molecule is N#C/C(=C\c1ccc(Cl)cc1)c1nc2ccccc2s1. The molecule has 0 saturated heterocycles. The van der Waals surface area contributed by atoms with E-state index in [0.717, 1.165) is 20.8 Å². The number of hydrogen-bond donors (Lipinski definition) is 0. The molecule has 1 aromatic heterocycles. The maximum atomic E-state index is 9.34. The lowest BCUT2D eigenvalue weighted by Crippen LogP contribution is -1.80. The number of nitrogens with zero attached hydrogens (tertiary/aromatic N) is 2. The second-order valence-electron chi connectivity index (χ2n) is 4.21. The Hall–Kier alpha value is -2.15. The smallest absolute Gasteiger partial charge is 0.135 e. The van der Waals surface area contributed by atoms with Gasteiger partial charge in [-0.25, -0.2) is 4.98 Å². The Morgan fingerprint density at radius 1 is 1.15 bits per heavy atom. The van der Waals surface area contributed by atoms with Crippen LogP contribution in [0.15, 0.2) is 48.5 Å². The first-order chi connectivity index (χ1) is 9.76. The molecule has 0 unspecified atom stereocenters. The molecule has 0 N–H and O–H groups in total. The summed E-state index contributed by atoms with van der Waals surface area (Å²) >= 11 is 7.38. The van der Waals surface area contributed by atoms with Crippen LogP contribution in [0.4, 0.5) is 0 Å². The summed E-state index contributed by atoms with van der Waals surface area (Å²) < 4.78 is 1.08. The highest BCUT2D eigenvalue weighted by Crippen LogP contribution is 2.28. The molecule has 0 fully saturated rings. The Morgan fingerprint density at radius 2 is 1.90 bits per heavy atom. The summed E-state index contributed by atoms with van der Waals surface area (Å²) in [7, 11) is 0. The van der Waals surface area contributed by atoms with Gasteiger partial charge >= 0.3 is 0 Å². The number of fused-ring (bicyclic) bond motifs is 1. The molecule has 4 heteroatoms. The van der Waals surface area contributed by atoms with Crippen LogP contribution in [-0.2, 0) is 0 Å². The number of hydrogen-bond acceptors (Lipinski definition) is 3. The molecular weight excluding hydrogens is 288 g/mol. The molecule has 0 aliphatic carbocycles. The number of allylic oxidation sites excluding steroid dienone is 1. The van der Waals surface area contributed by atoms with E-state index < -0.39 is 0 Å². The second-order valence-corrected chi connectivity index (χ2v) is 5.68. The van der Waals surface area contributed by atoms with Gasteiger partial charge in [-0.3, -0.25) is 0 Å². The fourth-order valence-electron chi connectivity index (χ4n) is 1.85. The van der Waals surface area contributed by atoms with Gasteiger partial charge in [-0.2, -0.15) is 5.26 Å². The van der Waals surface area contributed by atoms with Gasteiger partial charge in [-0.1, -0.05) is 35.9 Å². The predicted octanol–water partition coefficient (Wildman–Crippen LogP) is 5.01. The third-order valence-electron chi connectivity index (χ3n) is 2.83. The van der Waals surface area contributed by atoms with Crippen LogP contribution >= 0.6 is 22.9 Å². The van der Waals surface area contributed by atoms with Crippen molar-refractivity contribution in [2.24, 2.45) is 0 Å². The minimum atomic E-state index is 0.563. The number of rotatable bonds is 2. The lowest BCUT2D eigenvalue weighted by Gasteiger charge is -1.95. The van der Waals surface area contributed by atoms with Crippen LogP contribution in [0.5, 0.6) is 0 Å². The first kappa shape index (κ1) is 12.9. The van der Waals surface area contributed by atoms with Crippen molar-refractivity contribution in [3.05, 3.63) is 64.1 Å². The van der Waals surface area contributed by atoms with E-state index in [9.17, 15) is 5.26 Å². The van der Waals surface area contributed by atoms with Crippen LogP contribution in [-0.4, -0.2) is 4.98 Å². The van der Waals surface area contributed by atoms with E-state index in [1.54, 1.807) is 12.1 Å². The molecule has 0 atom stereocenters. The fraction of sp³-hybridized carbons (Fsp3) is 0. The van der Waals surface area contributed by atoms with Gasteiger partial charge in [0, 0.05) is 5.02 Å². The normalized spacial score (nSPS) is 11.5. The van der Waals surface area contributed by atoms with Crippen LogP contribution in [0.3, 0.4) is 0 Å². The Kier molecular flexibility index (Phi) is 3.51. The molecular formula is C16H9ClN2S. The Bertz CT molecular complexity index is 793. The third kappa shape index (κ3) is 2.57. The molecule has 0 bridgehead atoms. The molecule has 0 aliphatic heterocycles. The van der Waals surface area contributed by atoms with E-state index in [1.165, 1.54) is 11.3 Å².